The Bertz CT molecular complexity index is 856. The molecule has 2 aromatic rings. The molecule has 0 aromatic heterocycles. The minimum atomic E-state index is -0.524. The fourth-order valence-electron chi connectivity index (χ4n) is 2.99. The van der Waals surface area contributed by atoms with Gasteiger partial charge >= 0.3 is 0 Å². The average molecular weight is 422 g/mol. The molecule has 0 saturated carbocycles. The zero-order valence-corrected chi connectivity index (χ0v) is 18.2. The molecule has 2 amide bonds. The third-order valence-electron chi connectivity index (χ3n) is 4.51. The van der Waals surface area contributed by atoms with E-state index in [0.29, 0.717) is 15.7 Å². The maximum Gasteiger partial charge on any atom is 0.241 e. The number of hydrogen-bond donors (Lipinski definition) is 2. The molecule has 0 aliphatic rings. The molecule has 2 aromatic carbocycles. The second-order valence-corrected chi connectivity index (χ2v) is 7.93. The number of hydrogen-bond acceptors (Lipinski definition) is 3. The number of halogens is 2. The summed E-state index contributed by atoms with van der Waals surface area (Å²) in [6, 6.07) is 8.36. The maximum absolute atomic E-state index is 12.5. The van der Waals surface area contributed by atoms with Gasteiger partial charge in [-0.2, -0.15) is 0 Å². The Morgan fingerprint density at radius 2 is 1.50 bits per heavy atom. The van der Waals surface area contributed by atoms with Gasteiger partial charge in [0.2, 0.25) is 11.8 Å². The summed E-state index contributed by atoms with van der Waals surface area (Å²) in [6.45, 7) is 7.76. The van der Waals surface area contributed by atoms with Crippen molar-refractivity contribution in [2.24, 2.45) is 0 Å². The lowest BCUT2D eigenvalue weighted by molar-refractivity contribution is -0.122. The summed E-state index contributed by atoms with van der Waals surface area (Å²) in [7, 11) is 1.73. The van der Waals surface area contributed by atoms with Gasteiger partial charge in [0.1, 0.15) is 0 Å². The number of benzene rings is 2. The lowest BCUT2D eigenvalue weighted by Gasteiger charge is -2.24. The van der Waals surface area contributed by atoms with E-state index in [9.17, 15) is 9.59 Å². The highest BCUT2D eigenvalue weighted by Gasteiger charge is 2.21. The number of likely N-dealkylation sites (N-methyl/N-ethyl adjacent to an activating group) is 1. The van der Waals surface area contributed by atoms with Crippen molar-refractivity contribution in [2.45, 2.75) is 33.7 Å². The zero-order chi connectivity index (χ0) is 21.0. The van der Waals surface area contributed by atoms with Crippen molar-refractivity contribution >= 4 is 46.4 Å². The molecule has 0 aliphatic heterocycles. The Labute approximate surface area is 176 Å². The summed E-state index contributed by atoms with van der Waals surface area (Å²) in [5.41, 5.74) is 4.50. The van der Waals surface area contributed by atoms with E-state index in [-0.39, 0.29) is 18.4 Å². The number of anilines is 2. The van der Waals surface area contributed by atoms with E-state index in [1.807, 2.05) is 32.9 Å². The zero-order valence-electron chi connectivity index (χ0n) is 16.7. The van der Waals surface area contributed by atoms with E-state index in [0.717, 1.165) is 22.4 Å². The monoisotopic (exact) mass is 421 g/mol. The molecule has 0 aliphatic carbocycles. The Morgan fingerprint density at radius 3 is 2.04 bits per heavy atom. The number of carbonyl (C=O) groups excluding carboxylic acids is 2. The molecule has 2 N–H and O–H groups in total. The van der Waals surface area contributed by atoms with E-state index in [1.54, 1.807) is 37.1 Å². The van der Waals surface area contributed by atoms with Gasteiger partial charge in [0, 0.05) is 21.4 Å². The minimum Gasteiger partial charge on any atom is -0.325 e. The molecule has 2 rings (SSSR count). The summed E-state index contributed by atoms with van der Waals surface area (Å²) < 4.78 is 0. The number of nitrogens with one attached hydrogen (secondary N) is 2. The maximum atomic E-state index is 12.5. The SMILES string of the molecule is Cc1cc(C)c(NC(=O)CN(C)[C@H](C)C(=O)Nc2cc(Cl)cc(Cl)c2)c(C)c1. The van der Waals surface area contributed by atoms with Crippen LogP contribution in [0.15, 0.2) is 30.3 Å². The van der Waals surface area contributed by atoms with E-state index >= 15 is 0 Å². The van der Waals surface area contributed by atoms with Gasteiger partial charge in [0.15, 0.2) is 0 Å². The first-order chi connectivity index (χ1) is 13.1. The number of amides is 2. The van der Waals surface area contributed by atoms with Crippen molar-refractivity contribution < 1.29 is 9.59 Å². The lowest BCUT2D eigenvalue weighted by Crippen LogP contribution is -2.43. The standard InChI is InChI=1S/C21H25Cl2N3O2/c1-12-6-13(2)20(14(3)7-12)25-19(27)11-26(5)15(4)21(28)24-18-9-16(22)8-17(23)10-18/h6-10,15H,11H2,1-5H3,(H,24,28)(H,25,27)/t15-/m1/s1. The fraction of sp³-hybridized carbons (Fsp3) is 0.333. The molecule has 7 heteroatoms. The first-order valence-electron chi connectivity index (χ1n) is 8.91. The van der Waals surface area contributed by atoms with Crippen molar-refractivity contribution in [3.63, 3.8) is 0 Å². The van der Waals surface area contributed by atoms with Crippen LogP contribution in [0.2, 0.25) is 10.0 Å². The molecular weight excluding hydrogens is 397 g/mol. The molecule has 0 spiro atoms. The molecular formula is C21H25Cl2N3O2. The van der Waals surface area contributed by atoms with E-state index in [4.69, 9.17) is 23.2 Å². The molecule has 0 radical (unpaired) electrons. The highest BCUT2D eigenvalue weighted by Crippen LogP contribution is 2.23. The highest BCUT2D eigenvalue weighted by atomic mass is 35.5. The normalized spacial score (nSPS) is 12.0. The first kappa shape index (κ1) is 22.2. The predicted molar refractivity (Wildman–Crippen MR) is 116 cm³/mol. The van der Waals surface area contributed by atoms with E-state index in [1.165, 1.54) is 0 Å². The third-order valence-corrected chi connectivity index (χ3v) is 4.94. The van der Waals surface area contributed by atoms with Crippen LogP contribution >= 0.6 is 23.2 Å². The highest BCUT2D eigenvalue weighted by molar-refractivity contribution is 6.35. The fourth-order valence-corrected chi connectivity index (χ4v) is 3.52. The molecule has 1 atom stereocenters. The predicted octanol–water partition coefficient (Wildman–Crippen LogP) is 4.82. The third kappa shape index (κ3) is 5.96. The van der Waals surface area contributed by atoms with Crippen LogP contribution < -0.4 is 10.6 Å². The van der Waals surface area contributed by atoms with Crippen molar-refractivity contribution in [1.29, 1.82) is 0 Å². The van der Waals surface area contributed by atoms with Crippen LogP contribution in [0, 0.1) is 20.8 Å². The molecule has 0 unspecified atom stereocenters. The van der Waals surface area contributed by atoms with Crippen LogP contribution in [-0.2, 0) is 9.59 Å². The topological polar surface area (TPSA) is 61.4 Å². The van der Waals surface area contributed by atoms with Crippen LogP contribution in [0.3, 0.4) is 0 Å². The largest absolute Gasteiger partial charge is 0.325 e. The van der Waals surface area contributed by atoms with Crippen LogP contribution in [0.25, 0.3) is 0 Å². The van der Waals surface area contributed by atoms with Crippen molar-refractivity contribution in [3.05, 3.63) is 57.1 Å². The molecule has 0 bridgehead atoms. The summed E-state index contributed by atoms with van der Waals surface area (Å²) in [4.78, 5) is 26.6. The summed E-state index contributed by atoms with van der Waals surface area (Å²) in [5.74, 6) is -0.431. The van der Waals surface area contributed by atoms with Gasteiger partial charge in [-0.05, 0) is 64.1 Å². The van der Waals surface area contributed by atoms with Crippen LogP contribution in [0.4, 0.5) is 11.4 Å². The molecule has 5 nitrogen and oxygen atoms in total. The molecule has 0 saturated heterocycles. The Balaban J connectivity index is 1.98. The second kappa shape index (κ2) is 9.41. The van der Waals surface area contributed by atoms with E-state index < -0.39 is 6.04 Å². The molecule has 150 valence electrons. The van der Waals surface area contributed by atoms with Gasteiger partial charge in [-0.3, -0.25) is 14.5 Å². The lowest BCUT2D eigenvalue weighted by atomic mass is 10.1. The first-order valence-corrected chi connectivity index (χ1v) is 9.67. The van der Waals surface area contributed by atoms with Gasteiger partial charge in [-0.1, -0.05) is 40.9 Å². The smallest absolute Gasteiger partial charge is 0.241 e. The molecule has 28 heavy (non-hydrogen) atoms. The quantitative estimate of drug-likeness (QED) is 0.702. The number of rotatable bonds is 6. The number of aryl methyl sites for hydroxylation is 3. The van der Waals surface area contributed by atoms with Gasteiger partial charge in [-0.15, -0.1) is 0 Å². The van der Waals surface area contributed by atoms with Crippen molar-refractivity contribution in [2.75, 3.05) is 24.2 Å². The minimum absolute atomic E-state index is 0.0810. The van der Waals surface area contributed by atoms with Crippen molar-refractivity contribution in [3.8, 4) is 0 Å². The number of carbonyl (C=O) groups is 2. The van der Waals surface area contributed by atoms with Gasteiger partial charge in [-0.25, -0.2) is 0 Å². The molecule has 0 heterocycles. The van der Waals surface area contributed by atoms with Crippen LogP contribution in [0.1, 0.15) is 23.6 Å². The van der Waals surface area contributed by atoms with Gasteiger partial charge in [0.05, 0.1) is 12.6 Å². The summed E-state index contributed by atoms with van der Waals surface area (Å²) >= 11 is 11.9. The van der Waals surface area contributed by atoms with Crippen LogP contribution in [0.5, 0.6) is 0 Å². The Morgan fingerprint density at radius 1 is 0.964 bits per heavy atom. The van der Waals surface area contributed by atoms with E-state index in [2.05, 4.69) is 10.6 Å². The molecule has 0 fully saturated rings. The second-order valence-electron chi connectivity index (χ2n) is 7.06. The Kier molecular flexibility index (Phi) is 7.47. The average Bonchev–Trinajstić information content (AvgIpc) is 2.56. The van der Waals surface area contributed by atoms with Gasteiger partial charge in [0.25, 0.3) is 0 Å². The number of nitrogens with zero attached hydrogens (tertiary/aromatic N) is 1. The van der Waals surface area contributed by atoms with Crippen LogP contribution in [-0.4, -0.2) is 36.3 Å². The van der Waals surface area contributed by atoms with Crippen molar-refractivity contribution in [1.82, 2.24) is 4.90 Å². The summed E-state index contributed by atoms with van der Waals surface area (Å²) in [5, 5.41) is 6.59. The summed E-state index contributed by atoms with van der Waals surface area (Å²) in [6.07, 6.45) is 0. The Hall–Kier alpha value is -2.08. The van der Waals surface area contributed by atoms with Gasteiger partial charge < -0.3 is 10.6 Å².